The average molecular weight is 1140 g/mol. The number of amides is 2. The maximum absolute atomic E-state index is 14.4. The van der Waals surface area contributed by atoms with Gasteiger partial charge in [0.15, 0.2) is 5.69 Å². The molecule has 0 radical (unpaired) electrons. The number of nitrogens with zero attached hydrogens (tertiary/aromatic N) is 9. The van der Waals surface area contributed by atoms with Crippen LogP contribution < -0.4 is 14.8 Å². The second-order valence-electron chi connectivity index (χ2n) is 15.2. The van der Waals surface area contributed by atoms with Crippen molar-refractivity contribution in [2.75, 3.05) is 54.2 Å². The Morgan fingerprint density at radius 1 is 0.697 bits per heavy atom. The number of hydrogen-bond donors (Lipinski definition) is 0. The van der Waals surface area contributed by atoms with Crippen LogP contribution in [0.3, 0.4) is 0 Å². The summed E-state index contributed by atoms with van der Waals surface area (Å²) in [5.41, 5.74) is -4.12. The molecule has 5 heterocycles. The van der Waals surface area contributed by atoms with Crippen LogP contribution in [0.2, 0.25) is 0 Å². The fourth-order valence-electron chi connectivity index (χ4n) is 8.60. The predicted molar refractivity (Wildman–Crippen MR) is 240 cm³/mol. The van der Waals surface area contributed by atoms with Crippen molar-refractivity contribution < 1.29 is 49.4 Å². The van der Waals surface area contributed by atoms with E-state index < -0.39 is 58.8 Å². The molecule has 4 aromatic carbocycles. The van der Waals surface area contributed by atoms with Crippen molar-refractivity contribution in [3.63, 3.8) is 0 Å². The minimum Gasteiger partial charge on any atom is -0.379 e. The predicted octanol–water partition coefficient (Wildman–Crippen LogP) is 8.83. The lowest BCUT2D eigenvalue weighted by atomic mass is 9.79. The molecule has 0 spiro atoms. The Balaban J connectivity index is 0.000000182. The van der Waals surface area contributed by atoms with Gasteiger partial charge >= 0.3 is 12.4 Å². The molecule has 2 fully saturated rings. The number of hydrazone groups is 1. The first-order chi connectivity index (χ1) is 31.4. The topological polar surface area (TPSA) is 134 Å². The van der Waals surface area contributed by atoms with Crippen LogP contribution in [-0.2, 0) is 22.1 Å². The summed E-state index contributed by atoms with van der Waals surface area (Å²) < 4.78 is 120. The van der Waals surface area contributed by atoms with Gasteiger partial charge in [-0.2, -0.15) is 47.1 Å². The van der Waals surface area contributed by atoms with Gasteiger partial charge < -0.3 is 14.5 Å². The van der Waals surface area contributed by atoms with Crippen molar-refractivity contribution in [1.82, 2.24) is 14.7 Å². The van der Waals surface area contributed by atoms with E-state index in [1.54, 1.807) is 53.4 Å². The second kappa shape index (κ2) is 18.2. The summed E-state index contributed by atoms with van der Waals surface area (Å²) in [7, 11) is 0. The van der Waals surface area contributed by atoms with Gasteiger partial charge in [0.1, 0.15) is 35.2 Å². The smallest absolute Gasteiger partial charge is 0.379 e. The van der Waals surface area contributed by atoms with E-state index in [2.05, 4.69) is 55.4 Å². The number of benzene rings is 4. The van der Waals surface area contributed by atoms with Crippen molar-refractivity contribution in [3.05, 3.63) is 132 Å². The summed E-state index contributed by atoms with van der Waals surface area (Å²) in [6.07, 6.45) is -9.59. The Kier molecular flexibility index (Phi) is 12.9. The lowest BCUT2D eigenvalue weighted by Crippen LogP contribution is -2.74. The summed E-state index contributed by atoms with van der Waals surface area (Å²) in [6, 6.07) is 24.1. The molecule has 66 heavy (non-hydrogen) atoms. The average Bonchev–Trinajstić information content (AvgIpc) is 3.88. The second-order valence-corrected chi connectivity index (χ2v) is 17.7. The Hall–Kier alpha value is -5.70. The van der Waals surface area contributed by atoms with E-state index >= 15 is 0 Å². The minimum atomic E-state index is -4.79. The number of halogens is 10. The van der Waals surface area contributed by atoms with Crippen LogP contribution in [0.5, 0.6) is 0 Å². The summed E-state index contributed by atoms with van der Waals surface area (Å²) in [4.78, 5) is 32.2. The number of aromatic nitrogens is 2. The number of anilines is 3. The zero-order valence-electron chi connectivity index (χ0n) is 33.8. The molecule has 9 rings (SSSR count). The highest BCUT2D eigenvalue weighted by molar-refractivity contribution is 14.1. The van der Waals surface area contributed by atoms with Crippen molar-refractivity contribution >= 4 is 79.8 Å². The Bertz CT molecular complexity index is 2840. The molecular formula is C44H31F8I2N9O3. The molecule has 5 aromatic rings. The molecule has 340 valence electrons. The number of carbonyl (C=O) groups is 2. The Morgan fingerprint density at radius 3 is 1.77 bits per heavy atom. The normalized spacial score (nSPS) is 19.9. The molecule has 12 nitrogen and oxygen atoms in total. The number of carbonyl (C=O) groups excluding carboxylic acids is 2. The molecule has 22 heteroatoms. The SMILES string of the molecule is N#Cc1cc(-n2nc(C(F)(F)F)c3c2C(=O)N(c2ccc(I)cc2)CC3)ccc1F.N#Cc1cc(N2N=C(C(F)(F)F)[C@@H]3CCN(c4ccc(I)cc4)C(=O)[C@@]32N2CCOCC2)ccc1F. The number of ether oxygens (including phenoxy) is 1. The van der Waals surface area contributed by atoms with E-state index in [0.29, 0.717) is 11.4 Å². The van der Waals surface area contributed by atoms with E-state index in [4.69, 9.17) is 10.00 Å². The zero-order chi connectivity index (χ0) is 47.3. The number of alkyl halides is 6. The first-order valence-electron chi connectivity index (χ1n) is 19.9. The van der Waals surface area contributed by atoms with Gasteiger partial charge in [-0.15, -0.1) is 0 Å². The van der Waals surface area contributed by atoms with Crippen molar-refractivity contribution in [1.29, 1.82) is 10.5 Å². The quantitative estimate of drug-likeness (QED) is 0.126. The summed E-state index contributed by atoms with van der Waals surface area (Å²) in [5, 5.41) is 27.1. The zero-order valence-corrected chi connectivity index (χ0v) is 38.2. The molecule has 0 saturated carbocycles. The maximum Gasteiger partial charge on any atom is 0.435 e. The third-order valence-corrected chi connectivity index (χ3v) is 13.0. The van der Waals surface area contributed by atoms with Gasteiger partial charge in [-0.05, 0) is 143 Å². The molecule has 4 aliphatic rings. The highest BCUT2D eigenvalue weighted by atomic mass is 127. The van der Waals surface area contributed by atoms with Gasteiger partial charge in [0.05, 0.1) is 41.6 Å². The first-order valence-corrected chi connectivity index (χ1v) is 22.1. The third kappa shape index (κ3) is 8.47. The van der Waals surface area contributed by atoms with Crippen LogP contribution in [0.15, 0.2) is 90.0 Å². The third-order valence-electron chi connectivity index (χ3n) is 11.5. The molecule has 0 bridgehead atoms. The summed E-state index contributed by atoms with van der Waals surface area (Å²) >= 11 is 4.24. The van der Waals surface area contributed by atoms with Crippen LogP contribution in [-0.4, -0.2) is 83.4 Å². The molecule has 2 saturated heterocycles. The number of fused-ring (bicyclic) bond motifs is 2. The number of nitriles is 2. The highest BCUT2D eigenvalue weighted by Crippen LogP contribution is 2.49. The van der Waals surface area contributed by atoms with Gasteiger partial charge in [-0.25, -0.2) is 18.5 Å². The largest absolute Gasteiger partial charge is 0.435 e. The number of piperidine rings is 1. The molecule has 0 aliphatic carbocycles. The Labute approximate surface area is 397 Å². The fraction of sp³-hybridized carbons (Fsp3) is 0.273. The van der Waals surface area contributed by atoms with E-state index in [1.165, 1.54) is 21.9 Å². The van der Waals surface area contributed by atoms with E-state index in [9.17, 15) is 50.0 Å². The molecule has 1 aromatic heterocycles. The number of rotatable bonds is 5. The van der Waals surface area contributed by atoms with Crippen molar-refractivity contribution in [2.45, 2.75) is 30.9 Å². The number of morpholine rings is 1. The van der Waals surface area contributed by atoms with Crippen molar-refractivity contribution in [3.8, 4) is 17.8 Å². The highest BCUT2D eigenvalue weighted by Gasteiger charge is 2.68. The fourth-order valence-corrected chi connectivity index (χ4v) is 9.32. The van der Waals surface area contributed by atoms with E-state index in [-0.39, 0.29) is 86.0 Å². The van der Waals surface area contributed by atoms with Crippen LogP contribution in [0.25, 0.3) is 5.69 Å². The lowest BCUT2D eigenvalue weighted by Gasteiger charge is -2.53. The van der Waals surface area contributed by atoms with Crippen LogP contribution in [0.4, 0.5) is 52.2 Å². The molecule has 2 amide bonds. The lowest BCUT2D eigenvalue weighted by molar-refractivity contribution is -0.142. The molecule has 2 atom stereocenters. The molecule has 0 N–H and O–H groups in total. The van der Waals surface area contributed by atoms with Gasteiger partial charge in [0.2, 0.25) is 5.66 Å². The molecular weight excluding hydrogens is 1110 g/mol. The summed E-state index contributed by atoms with van der Waals surface area (Å²) in [6.45, 7) is 0.999. The van der Waals surface area contributed by atoms with Gasteiger partial charge in [-0.1, -0.05) is 0 Å². The van der Waals surface area contributed by atoms with Crippen LogP contribution in [0, 0.1) is 47.4 Å². The standard InChI is InChI=1S/C24H20F4IN5O2.C20H11F4IN4O/c25-20-6-5-18(13-15(20)14-30)34-23(32-9-11-36-12-10-32)19(21(31-34)24(26,27)28)7-8-33(22(23)35)17-3-1-16(29)2-4-17;21-16-6-5-14(9-11(16)10-26)29-17-15(18(27-29)20(22,23)24)7-8-28(19(17)30)13-3-1-12(25)2-4-13/h1-6,13,19H,7-12H2;1-6,9H,7-8H2/t19-,23+;/m0./s1. The van der Waals surface area contributed by atoms with Crippen molar-refractivity contribution in [2.24, 2.45) is 11.0 Å². The molecule has 4 aliphatic heterocycles. The Morgan fingerprint density at radius 2 is 1.23 bits per heavy atom. The minimum absolute atomic E-state index is 0.00231. The first kappa shape index (κ1) is 46.8. The number of hydrogen-bond acceptors (Lipinski definition) is 9. The summed E-state index contributed by atoms with van der Waals surface area (Å²) in [5.74, 6) is -4.13. The molecule has 0 unspecified atom stereocenters. The maximum atomic E-state index is 14.4. The van der Waals surface area contributed by atoms with Crippen LogP contribution in [0.1, 0.15) is 39.3 Å². The van der Waals surface area contributed by atoms with Crippen LogP contribution >= 0.6 is 45.2 Å². The van der Waals surface area contributed by atoms with E-state index in [1.807, 2.05) is 12.1 Å². The van der Waals surface area contributed by atoms with E-state index in [0.717, 1.165) is 41.1 Å². The van der Waals surface area contributed by atoms with Gasteiger partial charge in [0.25, 0.3) is 11.8 Å². The monoisotopic (exact) mass is 1140 g/mol. The van der Waals surface area contributed by atoms with Gasteiger partial charge in [-0.3, -0.25) is 14.5 Å². The van der Waals surface area contributed by atoms with Gasteiger partial charge in [0, 0.05) is 50.3 Å².